The quantitative estimate of drug-likeness (QED) is 0.845. The number of amides is 1. The highest BCUT2D eigenvalue weighted by atomic mass is 35.5. The third-order valence-electron chi connectivity index (χ3n) is 4.42. The highest BCUT2D eigenvalue weighted by Gasteiger charge is 2.16. The van der Waals surface area contributed by atoms with E-state index in [0.29, 0.717) is 10.8 Å². The lowest BCUT2D eigenvalue weighted by Gasteiger charge is -2.18. The van der Waals surface area contributed by atoms with Gasteiger partial charge < -0.3 is 15.0 Å². The van der Waals surface area contributed by atoms with Crippen molar-refractivity contribution < 1.29 is 9.53 Å². The Morgan fingerprint density at radius 3 is 2.48 bits per heavy atom. The average Bonchev–Trinajstić information content (AvgIpc) is 3.13. The third kappa shape index (κ3) is 4.45. The fraction of sp³-hybridized carbons (Fsp3) is 0.350. The molecule has 4 nitrogen and oxygen atoms in total. The molecule has 0 radical (unpaired) electrons. The number of halogens is 1. The van der Waals surface area contributed by atoms with Crippen LogP contribution in [0.1, 0.15) is 25.3 Å². The first-order valence-corrected chi connectivity index (χ1v) is 8.99. The summed E-state index contributed by atoms with van der Waals surface area (Å²) in [6.45, 7) is 5.86. The molecule has 3 rings (SSSR count). The van der Waals surface area contributed by atoms with E-state index in [2.05, 4.69) is 22.3 Å². The minimum atomic E-state index is -0.598. The van der Waals surface area contributed by atoms with Crippen molar-refractivity contribution in [3.63, 3.8) is 0 Å². The van der Waals surface area contributed by atoms with Gasteiger partial charge in [-0.25, -0.2) is 0 Å². The van der Waals surface area contributed by atoms with Crippen molar-refractivity contribution in [2.24, 2.45) is 0 Å². The number of ether oxygens (including phenoxy) is 1. The van der Waals surface area contributed by atoms with Crippen molar-refractivity contribution in [2.75, 3.05) is 23.3 Å². The average molecular weight is 359 g/mol. The van der Waals surface area contributed by atoms with Crippen molar-refractivity contribution in [2.45, 2.75) is 32.8 Å². The second-order valence-corrected chi connectivity index (χ2v) is 6.81. The van der Waals surface area contributed by atoms with Gasteiger partial charge in [0.2, 0.25) is 0 Å². The van der Waals surface area contributed by atoms with Crippen LogP contribution in [-0.4, -0.2) is 25.1 Å². The zero-order valence-electron chi connectivity index (χ0n) is 14.6. The predicted molar refractivity (Wildman–Crippen MR) is 103 cm³/mol. The molecule has 132 valence electrons. The van der Waals surface area contributed by atoms with E-state index >= 15 is 0 Å². The number of aryl methyl sites for hydroxylation is 1. The van der Waals surface area contributed by atoms with E-state index < -0.39 is 6.10 Å². The Balaban J connectivity index is 1.58. The molecule has 2 aromatic carbocycles. The van der Waals surface area contributed by atoms with Crippen LogP contribution in [0.2, 0.25) is 5.02 Å². The zero-order valence-corrected chi connectivity index (χ0v) is 15.3. The maximum Gasteiger partial charge on any atom is 0.265 e. The summed E-state index contributed by atoms with van der Waals surface area (Å²) in [5.74, 6) is 0.454. The fourth-order valence-corrected chi connectivity index (χ4v) is 3.04. The number of anilines is 2. The molecule has 1 heterocycles. The normalized spacial score (nSPS) is 15.1. The van der Waals surface area contributed by atoms with Crippen LogP contribution in [0.3, 0.4) is 0 Å². The van der Waals surface area contributed by atoms with Crippen LogP contribution >= 0.6 is 11.6 Å². The molecule has 5 heteroatoms. The van der Waals surface area contributed by atoms with E-state index in [4.69, 9.17) is 16.3 Å². The Morgan fingerprint density at radius 2 is 1.84 bits per heavy atom. The van der Waals surface area contributed by atoms with Crippen LogP contribution in [0.15, 0.2) is 42.5 Å². The summed E-state index contributed by atoms with van der Waals surface area (Å²) >= 11 is 6.01. The first-order valence-electron chi connectivity index (χ1n) is 8.61. The molecule has 25 heavy (non-hydrogen) atoms. The summed E-state index contributed by atoms with van der Waals surface area (Å²) < 4.78 is 5.71. The molecule has 1 fully saturated rings. The van der Waals surface area contributed by atoms with Crippen molar-refractivity contribution in [1.82, 2.24) is 0 Å². The lowest BCUT2D eigenvalue weighted by Crippen LogP contribution is -2.30. The van der Waals surface area contributed by atoms with Crippen LogP contribution in [0.4, 0.5) is 11.4 Å². The largest absolute Gasteiger partial charge is 0.481 e. The molecule has 1 N–H and O–H groups in total. The van der Waals surface area contributed by atoms with Gasteiger partial charge in [-0.3, -0.25) is 4.79 Å². The van der Waals surface area contributed by atoms with Crippen LogP contribution in [-0.2, 0) is 4.79 Å². The number of nitrogens with zero attached hydrogens (tertiary/aromatic N) is 1. The number of benzene rings is 2. The second-order valence-electron chi connectivity index (χ2n) is 6.40. The first kappa shape index (κ1) is 17.6. The monoisotopic (exact) mass is 358 g/mol. The van der Waals surface area contributed by atoms with Gasteiger partial charge in [0.25, 0.3) is 5.91 Å². The standard InChI is InChI=1S/C20H23ClN2O2/c1-14-13-18(9-10-19(14)21)25-15(2)20(24)22-16-5-7-17(8-6-16)23-11-3-4-12-23/h5-10,13,15H,3-4,11-12H2,1-2H3,(H,22,24)/t15-/m0/s1. The highest BCUT2D eigenvalue weighted by molar-refractivity contribution is 6.31. The van der Waals surface area contributed by atoms with Gasteiger partial charge in [0.1, 0.15) is 5.75 Å². The van der Waals surface area contributed by atoms with Crippen LogP contribution in [0, 0.1) is 6.92 Å². The van der Waals surface area contributed by atoms with Crippen LogP contribution in [0.25, 0.3) is 0 Å². The number of carbonyl (C=O) groups excluding carboxylic acids is 1. The maximum absolute atomic E-state index is 12.3. The van der Waals surface area contributed by atoms with Crippen molar-refractivity contribution in [3.05, 3.63) is 53.1 Å². The minimum Gasteiger partial charge on any atom is -0.481 e. The molecule has 1 saturated heterocycles. The maximum atomic E-state index is 12.3. The molecule has 0 spiro atoms. The van der Waals surface area contributed by atoms with Crippen molar-refractivity contribution >= 4 is 28.9 Å². The summed E-state index contributed by atoms with van der Waals surface area (Å²) in [4.78, 5) is 14.7. The molecule has 0 bridgehead atoms. The van der Waals surface area contributed by atoms with Gasteiger partial charge in [0, 0.05) is 29.5 Å². The topological polar surface area (TPSA) is 41.6 Å². The molecule has 0 saturated carbocycles. The van der Waals surface area contributed by atoms with Gasteiger partial charge in [-0.1, -0.05) is 11.6 Å². The van der Waals surface area contributed by atoms with Gasteiger partial charge in [-0.15, -0.1) is 0 Å². The number of carbonyl (C=O) groups is 1. The Labute approximate surface area is 153 Å². The number of hydrogen-bond donors (Lipinski definition) is 1. The Bertz CT molecular complexity index is 740. The minimum absolute atomic E-state index is 0.179. The van der Waals surface area contributed by atoms with Gasteiger partial charge >= 0.3 is 0 Å². The molecule has 2 aromatic rings. The first-order chi connectivity index (χ1) is 12.0. The van der Waals surface area contributed by atoms with Crippen molar-refractivity contribution in [3.8, 4) is 5.75 Å². The lowest BCUT2D eigenvalue weighted by atomic mass is 10.2. The van der Waals surface area contributed by atoms with Gasteiger partial charge in [0.05, 0.1) is 0 Å². The summed E-state index contributed by atoms with van der Waals surface area (Å²) in [5, 5.41) is 3.58. The molecule has 1 aliphatic heterocycles. The molecular weight excluding hydrogens is 336 g/mol. The second kappa shape index (κ2) is 7.79. The smallest absolute Gasteiger partial charge is 0.265 e. The summed E-state index contributed by atoms with van der Waals surface area (Å²) in [5.41, 5.74) is 2.90. The number of hydrogen-bond acceptors (Lipinski definition) is 3. The molecule has 1 amide bonds. The van der Waals surface area contributed by atoms with E-state index in [9.17, 15) is 4.79 Å². The lowest BCUT2D eigenvalue weighted by molar-refractivity contribution is -0.122. The van der Waals surface area contributed by atoms with Gasteiger partial charge in [-0.05, 0) is 74.7 Å². The molecule has 0 aliphatic carbocycles. The Hall–Kier alpha value is -2.20. The van der Waals surface area contributed by atoms with Crippen LogP contribution in [0.5, 0.6) is 5.75 Å². The molecule has 0 unspecified atom stereocenters. The molecular formula is C20H23ClN2O2. The van der Waals surface area contributed by atoms with Crippen LogP contribution < -0.4 is 15.0 Å². The van der Waals surface area contributed by atoms with Gasteiger partial charge in [0.15, 0.2) is 6.10 Å². The summed E-state index contributed by atoms with van der Waals surface area (Å²) in [6, 6.07) is 13.3. The number of nitrogens with one attached hydrogen (secondary N) is 1. The Kier molecular flexibility index (Phi) is 5.49. The third-order valence-corrected chi connectivity index (χ3v) is 4.84. The summed E-state index contributed by atoms with van der Waals surface area (Å²) in [7, 11) is 0. The zero-order chi connectivity index (χ0) is 17.8. The highest BCUT2D eigenvalue weighted by Crippen LogP contribution is 2.23. The summed E-state index contributed by atoms with van der Waals surface area (Å²) in [6.07, 6.45) is 1.90. The predicted octanol–water partition coefficient (Wildman–Crippen LogP) is 4.65. The fourth-order valence-electron chi connectivity index (χ4n) is 2.92. The Morgan fingerprint density at radius 1 is 1.16 bits per heavy atom. The SMILES string of the molecule is Cc1cc(O[C@@H](C)C(=O)Nc2ccc(N3CCCC3)cc2)ccc1Cl. The van der Waals surface area contributed by atoms with E-state index in [1.54, 1.807) is 19.1 Å². The van der Waals surface area contributed by atoms with E-state index in [1.807, 2.05) is 25.1 Å². The number of rotatable bonds is 5. The van der Waals surface area contributed by atoms with Gasteiger partial charge in [-0.2, -0.15) is 0 Å². The molecule has 1 aliphatic rings. The van der Waals surface area contributed by atoms with E-state index in [1.165, 1.54) is 18.5 Å². The molecule has 1 atom stereocenters. The van der Waals surface area contributed by atoms with E-state index in [-0.39, 0.29) is 5.91 Å². The van der Waals surface area contributed by atoms with E-state index in [0.717, 1.165) is 24.3 Å². The molecule has 0 aromatic heterocycles. The van der Waals surface area contributed by atoms with Crippen molar-refractivity contribution in [1.29, 1.82) is 0 Å².